The molecule has 1 heterocycles. The molecule has 0 radical (unpaired) electrons. The number of carbonyl (C=O) groups excluding carboxylic acids is 2. The maximum Gasteiger partial charge on any atom is 0.325 e. The van der Waals surface area contributed by atoms with Gasteiger partial charge < -0.3 is 15.0 Å². The summed E-state index contributed by atoms with van der Waals surface area (Å²) in [5, 5.41) is 3.25. The van der Waals surface area contributed by atoms with Gasteiger partial charge in [0.2, 0.25) is 5.91 Å². The number of nitrogens with zero attached hydrogens (tertiary/aromatic N) is 1. The van der Waals surface area contributed by atoms with Crippen LogP contribution in [0.15, 0.2) is 0 Å². The summed E-state index contributed by atoms with van der Waals surface area (Å²) in [6, 6.07) is 0.275. The molecule has 0 bridgehead atoms. The number of esters is 1. The molecule has 0 aromatic heterocycles. The van der Waals surface area contributed by atoms with Gasteiger partial charge in [0.1, 0.15) is 6.54 Å². The summed E-state index contributed by atoms with van der Waals surface area (Å²) < 4.78 is 4.94. The third-order valence-electron chi connectivity index (χ3n) is 3.56. The second-order valence-corrected chi connectivity index (χ2v) is 5.03. The summed E-state index contributed by atoms with van der Waals surface area (Å²) in [5.41, 5.74) is 0. The topological polar surface area (TPSA) is 58.6 Å². The first-order valence-electron chi connectivity index (χ1n) is 6.89. The van der Waals surface area contributed by atoms with Gasteiger partial charge in [-0.25, -0.2) is 0 Å². The first-order chi connectivity index (χ1) is 8.72. The largest absolute Gasteiger partial charge is 0.465 e. The lowest BCUT2D eigenvalue weighted by molar-refractivity contribution is -0.151. The highest BCUT2D eigenvalue weighted by molar-refractivity contribution is 5.84. The van der Waals surface area contributed by atoms with E-state index in [4.69, 9.17) is 4.74 Å². The summed E-state index contributed by atoms with van der Waals surface area (Å²) in [4.78, 5) is 25.7. The van der Waals surface area contributed by atoms with Crippen LogP contribution in [0.4, 0.5) is 0 Å². The fourth-order valence-electron chi connectivity index (χ4n) is 2.42. The highest BCUT2D eigenvalue weighted by Crippen LogP contribution is 2.29. The smallest absolute Gasteiger partial charge is 0.325 e. The Balaban J connectivity index is 1.91. The molecule has 1 aliphatic heterocycles. The number of ether oxygens (including phenoxy) is 1. The normalized spacial score (nSPS) is 20.5. The standard InChI is InChI=1S/C13H22N2O3/c1-2-18-12(16)9-15(11-3-4-11)13(17)10-5-7-14-8-6-10/h10-11,14H,2-9H2,1H3. The van der Waals surface area contributed by atoms with Crippen LogP contribution in [0.5, 0.6) is 0 Å². The van der Waals surface area contributed by atoms with Gasteiger partial charge in [-0.1, -0.05) is 0 Å². The quantitative estimate of drug-likeness (QED) is 0.728. The van der Waals surface area contributed by atoms with Crippen LogP contribution in [-0.4, -0.2) is 49.1 Å². The van der Waals surface area contributed by atoms with Crippen LogP contribution in [0, 0.1) is 5.92 Å². The van der Waals surface area contributed by atoms with E-state index in [0.29, 0.717) is 6.61 Å². The molecule has 1 saturated heterocycles. The van der Waals surface area contributed by atoms with E-state index in [1.807, 2.05) is 0 Å². The van der Waals surface area contributed by atoms with Crippen molar-refractivity contribution in [3.8, 4) is 0 Å². The Morgan fingerprint density at radius 1 is 1.22 bits per heavy atom. The van der Waals surface area contributed by atoms with Crippen molar-refractivity contribution in [2.45, 2.75) is 38.6 Å². The van der Waals surface area contributed by atoms with Gasteiger partial charge in [0, 0.05) is 12.0 Å². The van der Waals surface area contributed by atoms with Crippen LogP contribution >= 0.6 is 0 Å². The van der Waals surface area contributed by atoms with Gasteiger partial charge in [0.05, 0.1) is 6.61 Å². The number of amides is 1. The zero-order chi connectivity index (χ0) is 13.0. The Labute approximate surface area is 108 Å². The molecule has 0 atom stereocenters. The zero-order valence-electron chi connectivity index (χ0n) is 11.0. The van der Waals surface area contributed by atoms with Crippen molar-refractivity contribution in [1.29, 1.82) is 0 Å². The van der Waals surface area contributed by atoms with E-state index in [1.165, 1.54) is 0 Å². The molecule has 0 spiro atoms. The second kappa shape index (κ2) is 6.18. The fourth-order valence-corrected chi connectivity index (χ4v) is 2.42. The lowest BCUT2D eigenvalue weighted by Gasteiger charge is -2.29. The molecule has 2 rings (SSSR count). The van der Waals surface area contributed by atoms with Crippen LogP contribution in [0.3, 0.4) is 0 Å². The highest BCUT2D eigenvalue weighted by atomic mass is 16.5. The summed E-state index contributed by atoms with van der Waals surface area (Å²) in [7, 11) is 0. The molecular weight excluding hydrogens is 232 g/mol. The lowest BCUT2D eigenvalue weighted by Crippen LogP contribution is -2.44. The van der Waals surface area contributed by atoms with Crippen LogP contribution < -0.4 is 5.32 Å². The lowest BCUT2D eigenvalue weighted by atomic mass is 9.96. The predicted molar refractivity (Wildman–Crippen MR) is 67.0 cm³/mol. The highest BCUT2D eigenvalue weighted by Gasteiger charge is 2.37. The Hall–Kier alpha value is -1.10. The number of hydrogen-bond donors (Lipinski definition) is 1. The molecule has 1 aliphatic carbocycles. The van der Waals surface area contributed by atoms with E-state index >= 15 is 0 Å². The third-order valence-corrected chi connectivity index (χ3v) is 3.56. The van der Waals surface area contributed by atoms with E-state index in [0.717, 1.165) is 38.8 Å². The average Bonchev–Trinajstić information content (AvgIpc) is 3.21. The van der Waals surface area contributed by atoms with Gasteiger partial charge in [0.15, 0.2) is 0 Å². The first kappa shape index (κ1) is 13.3. The third kappa shape index (κ3) is 3.45. The Morgan fingerprint density at radius 2 is 1.89 bits per heavy atom. The zero-order valence-corrected chi connectivity index (χ0v) is 11.0. The Morgan fingerprint density at radius 3 is 2.44 bits per heavy atom. The Bertz CT molecular complexity index is 309. The summed E-state index contributed by atoms with van der Waals surface area (Å²) in [5.74, 6) is -0.0555. The molecule has 2 fully saturated rings. The first-order valence-corrected chi connectivity index (χ1v) is 6.89. The number of rotatable bonds is 5. The van der Waals surface area contributed by atoms with Crippen molar-refractivity contribution < 1.29 is 14.3 Å². The van der Waals surface area contributed by atoms with Crippen molar-refractivity contribution in [2.75, 3.05) is 26.2 Å². The van der Waals surface area contributed by atoms with Crippen molar-refractivity contribution in [1.82, 2.24) is 10.2 Å². The summed E-state index contributed by atoms with van der Waals surface area (Å²) in [6.07, 6.45) is 3.81. The number of piperidine rings is 1. The molecule has 5 heteroatoms. The second-order valence-electron chi connectivity index (χ2n) is 5.03. The minimum Gasteiger partial charge on any atom is -0.465 e. The van der Waals surface area contributed by atoms with Crippen LogP contribution in [-0.2, 0) is 14.3 Å². The molecule has 1 N–H and O–H groups in total. The molecule has 1 saturated carbocycles. The molecular formula is C13H22N2O3. The summed E-state index contributed by atoms with van der Waals surface area (Å²) in [6.45, 7) is 4.08. The van der Waals surface area contributed by atoms with E-state index in [2.05, 4.69) is 5.32 Å². The van der Waals surface area contributed by atoms with Crippen LogP contribution in [0.1, 0.15) is 32.6 Å². The Kier molecular flexibility index (Phi) is 4.58. The molecule has 0 aromatic carbocycles. The SMILES string of the molecule is CCOC(=O)CN(C(=O)C1CCNCC1)C1CC1. The van der Waals surface area contributed by atoms with Crippen LogP contribution in [0.2, 0.25) is 0 Å². The van der Waals surface area contributed by atoms with E-state index in [1.54, 1.807) is 11.8 Å². The predicted octanol–water partition coefficient (Wildman–Crippen LogP) is 0.540. The number of carbonyl (C=O) groups is 2. The van der Waals surface area contributed by atoms with Gasteiger partial charge in [-0.05, 0) is 45.7 Å². The van der Waals surface area contributed by atoms with E-state index in [9.17, 15) is 9.59 Å². The monoisotopic (exact) mass is 254 g/mol. The van der Waals surface area contributed by atoms with Gasteiger partial charge >= 0.3 is 5.97 Å². The van der Waals surface area contributed by atoms with Crippen molar-refractivity contribution in [3.05, 3.63) is 0 Å². The molecule has 102 valence electrons. The summed E-state index contributed by atoms with van der Waals surface area (Å²) >= 11 is 0. The van der Waals surface area contributed by atoms with Gasteiger partial charge in [-0.15, -0.1) is 0 Å². The van der Waals surface area contributed by atoms with Gasteiger partial charge in [-0.2, -0.15) is 0 Å². The van der Waals surface area contributed by atoms with Crippen molar-refractivity contribution in [2.24, 2.45) is 5.92 Å². The molecule has 2 aliphatic rings. The molecule has 5 nitrogen and oxygen atoms in total. The number of nitrogens with one attached hydrogen (secondary N) is 1. The molecule has 18 heavy (non-hydrogen) atoms. The van der Waals surface area contributed by atoms with Gasteiger partial charge in [0.25, 0.3) is 0 Å². The minimum absolute atomic E-state index is 0.0845. The van der Waals surface area contributed by atoms with Crippen LogP contribution in [0.25, 0.3) is 0 Å². The average molecular weight is 254 g/mol. The molecule has 1 amide bonds. The number of hydrogen-bond acceptors (Lipinski definition) is 4. The minimum atomic E-state index is -0.285. The van der Waals surface area contributed by atoms with E-state index < -0.39 is 0 Å². The van der Waals surface area contributed by atoms with Crippen molar-refractivity contribution >= 4 is 11.9 Å². The maximum absolute atomic E-state index is 12.4. The van der Waals surface area contributed by atoms with Crippen molar-refractivity contribution in [3.63, 3.8) is 0 Å². The molecule has 0 unspecified atom stereocenters. The molecule has 0 aromatic rings. The maximum atomic E-state index is 12.4. The fraction of sp³-hybridized carbons (Fsp3) is 0.846. The van der Waals surface area contributed by atoms with Gasteiger partial charge in [-0.3, -0.25) is 9.59 Å². The van der Waals surface area contributed by atoms with E-state index in [-0.39, 0.29) is 30.4 Å².